The molecule has 0 spiro atoms. The van der Waals surface area contributed by atoms with E-state index < -0.39 is 24.1 Å². The molecule has 0 fully saturated rings. The van der Waals surface area contributed by atoms with Crippen LogP contribution in [0.5, 0.6) is 11.5 Å². The number of esters is 2. The van der Waals surface area contributed by atoms with Gasteiger partial charge in [0.1, 0.15) is 36.9 Å². The topological polar surface area (TPSA) is 130 Å². The minimum Gasteiger partial charge on any atom is -0.493 e. The number of aliphatic hydroxyl groups is 2. The largest absolute Gasteiger partial charge is 0.493 e. The van der Waals surface area contributed by atoms with E-state index >= 15 is 0 Å². The highest BCUT2D eigenvalue weighted by Crippen LogP contribution is 2.33. The van der Waals surface area contributed by atoms with Crippen LogP contribution >= 0.6 is 0 Å². The SMILES string of the molecule is C=CC(=O)OCC(O)COCC(C)COc1ccc(C(C)(C)c2ccc(OCC(C)COCC(O)COC(=O)C=C)cc2)cc1. The lowest BCUT2D eigenvalue weighted by molar-refractivity contribution is -0.142. The molecule has 0 aliphatic carbocycles. The van der Waals surface area contributed by atoms with Crippen LogP contribution in [0, 0.1) is 11.8 Å². The number of hydrogen-bond donors (Lipinski definition) is 2. The van der Waals surface area contributed by atoms with Gasteiger partial charge < -0.3 is 38.6 Å². The summed E-state index contributed by atoms with van der Waals surface area (Å²) >= 11 is 0. The van der Waals surface area contributed by atoms with Crippen molar-refractivity contribution in [2.24, 2.45) is 11.8 Å². The van der Waals surface area contributed by atoms with Gasteiger partial charge in [0.15, 0.2) is 0 Å². The zero-order chi connectivity index (χ0) is 33.2. The molecule has 10 heteroatoms. The second-order valence-electron chi connectivity index (χ2n) is 11.6. The van der Waals surface area contributed by atoms with E-state index in [4.69, 9.17) is 28.4 Å². The number of carbonyl (C=O) groups excluding carboxylic acids is 2. The summed E-state index contributed by atoms with van der Waals surface area (Å²) < 4.78 is 32.5. The molecule has 2 aromatic rings. The summed E-state index contributed by atoms with van der Waals surface area (Å²) in [7, 11) is 0. The minimum absolute atomic E-state index is 0.0602. The van der Waals surface area contributed by atoms with Gasteiger partial charge in [-0.15, -0.1) is 0 Å². The van der Waals surface area contributed by atoms with Crippen LogP contribution in [0.3, 0.4) is 0 Å². The molecule has 0 heterocycles. The number of rotatable bonds is 22. The average Bonchev–Trinajstić information content (AvgIpc) is 3.04. The molecule has 4 unspecified atom stereocenters. The fraction of sp³-hybridized carbons (Fsp3) is 0.486. The summed E-state index contributed by atoms with van der Waals surface area (Å²) in [6.07, 6.45) is 0.299. The normalized spacial score (nSPS) is 14.0. The Morgan fingerprint density at radius 1 is 0.644 bits per heavy atom. The summed E-state index contributed by atoms with van der Waals surface area (Å²) in [5.74, 6) is 0.528. The van der Waals surface area contributed by atoms with Gasteiger partial charge in [-0.25, -0.2) is 9.59 Å². The molecule has 0 saturated carbocycles. The molecule has 2 N–H and O–H groups in total. The van der Waals surface area contributed by atoms with Crippen LogP contribution in [0.1, 0.15) is 38.8 Å². The van der Waals surface area contributed by atoms with E-state index in [9.17, 15) is 19.8 Å². The van der Waals surface area contributed by atoms with Gasteiger partial charge in [0.2, 0.25) is 0 Å². The third kappa shape index (κ3) is 14.3. The minimum atomic E-state index is -0.896. The first-order valence-corrected chi connectivity index (χ1v) is 15.0. The molecule has 0 aliphatic rings. The van der Waals surface area contributed by atoms with Gasteiger partial charge in [-0.1, -0.05) is 65.1 Å². The molecule has 0 aliphatic heterocycles. The maximum Gasteiger partial charge on any atom is 0.330 e. The highest BCUT2D eigenvalue weighted by atomic mass is 16.6. The van der Waals surface area contributed by atoms with Crippen LogP contribution in [0.4, 0.5) is 0 Å². The van der Waals surface area contributed by atoms with Crippen LogP contribution in [0.2, 0.25) is 0 Å². The smallest absolute Gasteiger partial charge is 0.330 e. The van der Waals surface area contributed by atoms with E-state index in [0.29, 0.717) is 26.4 Å². The number of aliphatic hydroxyl groups excluding tert-OH is 2. The van der Waals surface area contributed by atoms with Gasteiger partial charge in [-0.3, -0.25) is 0 Å². The predicted octanol–water partition coefficient (Wildman–Crippen LogP) is 4.26. The van der Waals surface area contributed by atoms with Crippen molar-refractivity contribution in [3.63, 3.8) is 0 Å². The van der Waals surface area contributed by atoms with E-state index in [1.54, 1.807) is 0 Å². The zero-order valence-electron chi connectivity index (χ0n) is 26.8. The van der Waals surface area contributed by atoms with Crippen molar-refractivity contribution in [1.82, 2.24) is 0 Å². The lowest BCUT2D eigenvalue weighted by Crippen LogP contribution is -2.25. The highest BCUT2D eigenvalue weighted by Gasteiger charge is 2.23. The first kappa shape index (κ1) is 37.5. The Balaban J connectivity index is 1.74. The molecule has 2 aromatic carbocycles. The fourth-order valence-corrected chi connectivity index (χ4v) is 4.06. The molecule has 45 heavy (non-hydrogen) atoms. The Kier molecular flexibility index (Phi) is 16.4. The molecular formula is C35H48O10. The van der Waals surface area contributed by atoms with E-state index in [0.717, 1.165) is 34.8 Å². The number of hydrogen-bond acceptors (Lipinski definition) is 10. The Morgan fingerprint density at radius 3 is 1.33 bits per heavy atom. The molecule has 10 nitrogen and oxygen atoms in total. The van der Waals surface area contributed by atoms with Gasteiger partial charge in [-0.05, 0) is 35.4 Å². The summed E-state index contributed by atoms with van der Waals surface area (Å²) in [4.78, 5) is 22.1. The fourth-order valence-electron chi connectivity index (χ4n) is 4.06. The van der Waals surface area contributed by atoms with Gasteiger partial charge in [0.25, 0.3) is 0 Å². The molecule has 4 atom stereocenters. The third-order valence-corrected chi connectivity index (χ3v) is 6.82. The van der Waals surface area contributed by atoms with Gasteiger partial charge in [-0.2, -0.15) is 0 Å². The van der Waals surface area contributed by atoms with Crippen molar-refractivity contribution in [2.45, 2.75) is 45.3 Å². The highest BCUT2D eigenvalue weighted by molar-refractivity contribution is 5.81. The summed E-state index contributed by atoms with van der Waals surface area (Å²) in [5.41, 5.74) is 2.03. The van der Waals surface area contributed by atoms with Crippen molar-refractivity contribution in [1.29, 1.82) is 0 Å². The van der Waals surface area contributed by atoms with Crippen LogP contribution in [-0.4, -0.2) is 87.2 Å². The van der Waals surface area contributed by atoms with Crippen LogP contribution in [0.25, 0.3) is 0 Å². The van der Waals surface area contributed by atoms with E-state index in [1.165, 1.54) is 0 Å². The van der Waals surface area contributed by atoms with Crippen LogP contribution in [-0.2, 0) is 34.0 Å². The quantitative estimate of drug-likeness (QED) is 0.144. The van der Waals surface area contributed by atoms with Crippen LogP contribution < -0.4 is 9.47 Å². The Bertz CT molecular complexity index is 1080. The van der Waals surface area contributed by atoms with E-state index in [1.807, 2.05) is 38.1 Å². The van der Waals surface area contributed by atoms with E-state index in [-0.39, 0.29) is 43.7 Å². The molecule has 0 radical (unpaired) electrons. The molecule has 0 aromatic heterocycles. The lowest BCUT2D eigenvalue weighted by atomic mass is 9.78. The summed E-state index contributed by atoms with van der Waals surface area (Å²) in [6.45, 7) is 16.5. The predicted molar refractivity (Wildman–Crippen MR) is 170 cm³/mol. The van der Waals surface area contributed by atoms with Gasteiger partial charge in [0.05, 0.1) is 39.6 Å². The average molecular weight is 629 g/mol. The summed E-state index contributed by atoms with van der Waals surface area (Å²) in [6, 6.07) is 16.1. The zero-order valence-corrected chi connectivity index (χ0v) is 26.8. The lowest BCUT2D eigenvalue weighted by Gasteiger charge is -2.26. The first-order valence-electron chi connectivity index (χ1n) is 15.0. The molecular weight excluding hydrogens is 580 g/mol. The molecule has 0 amide bonds. The summed E-state index contributed by atoms with van der Waals surface area (Å²) in [5, 5.41) is 19.6. The Labute approximate surface area is 266 Å². The van der Waals surface area contributed by atoms with Crippen molar-refractivity contribution in [3.05, 3.63) is 85.0 Å². The molecule has 2 rings (SSSR count). The Morgan fingerprint density at radius 2 is 1.00 bits per heavy atom. The maximum absolute atomic E-state index is 11.1. The first-order chi connectivity index (χ1) is 21.4. The van der Waals surface area contributed by atoms with E-state index in [2.05, 4.69) is 51.3 Å². The molecule has 0 saturated heterocycles. The Hall–Kier alpha value is -3.70. The number of benzene rings is 2. The van der Waals surface area contributed by atoms with Gasteiger partial charge in [0, 0.05) is 29.4 Å². The second-order valence-corrected chi connectivity index (χ2v) is 11.6. The van der Waals surface area contributed by atoms with Crippen molar-refractivity contribution in [3.8, 4) is 11.5 Å². The molecule has 0 bridgehead atoms. The van der Waals surface area contributed by atoms with Crippen molar-refractivity contribution in [2.75, 3.05) is 52.9 Å². The monoisotopic (exact) mass is 628 g/mol. The standard InChI is InChI=1S/C35H48O10/c1-7-33(38)44-23-29(36)21-40-17-25(3)19-42-31-13-9-27(10-14-31)35(5,6)28-11-15-32(16-12-28)43-20-26(4)18-41-22-30(37)24-45-34(39)8-2/h7-16,25-26,29-30,36-37H,1-2,17-24H2,3-6H3. The van der Waals surface area contributed by atoms with Gasteiger partial charge >= 0.3 is 11.9 Å². The number of carbonyl (C=O) groups is 2. The second kappa shape index (κ2) is 19.6. The third-order valence-electron chi connectivity index (χ3n) is 6.82. The van der Waals surface area contributed by atoms with Crippen LogP contribution in [0.15, 0.2) is 73.8 Å². The van der Waals surface area contributed by atoms with Crippen molar-refractivity contribution >= 4 is 11.9 Å². The molecule has 248 valence electrons. The number of ether oxygens (including phenoxy) is 6. The maximum atomic E-state index is 11.1. The van der Waals surface area contributed by atoms with Crippen molar-refractivity contribution < 1.29 is 48.2 Å².